The van der Waals surface area contributed by atoms with E-state index in [1.54, 1.807) is 0 Å². The minimum absolute atomic E-state index is 0.0767. The average Bonchev–Trinajstić information content (AvgIpc) is 3.31. The van der Waals surface area contributed by atoms with E-state index in [0.29, 0.717) is 6.54 Å². The summed E-state index contributed by atoms with van der Waals surface area (Å²) >= 11 is -1.24. The van der Waals surface area contributed by atoms with E-state index in [4.69, 9.17) is 9.97 Å². The zero-order valence-electron chi connectivity index (χ0n) is 26.0. The Balaban J connectivity index is 1.20. The molecule has 6 rings (SSSR count). The lowest BCUT2D eigenvalue weighted by Gasteiger charge is -2.44. The molecule has 1 spiro atoms. The molecule has 230 valence electrons. The lowest BCUT2D eigenvalue weighted by Crippen LogP contribution is -2.49. The highest BCUT2D eigenvalue weighted by Crippen LogP contribution is 2.53. The molecule has 0 radical (unpaired) electrons. The number of aryl methyl sites for hydroxylation is 1. The maximum atomic E-state index is 13.4. The van der Waals surface area contributed by atoms with Gasteiger partial charge in [0, 0.05) is 60.6 Å². The third-order valence-corrected chi connectivity index (χ3v) is 10.5. The highest BCUT2D eigenvalue weighted by atomic mass is 32.2. The predicted molar refractivity (Wildman–Crippen MR) is 175 cm³/mol. The maximum Gasteiger partial charge on any atom is 0.296 e. The molecule has 10 heteroatoms. The fraction of sp³-hybridized carbons (Fsp3) is 0.471. The monoisotopic (exact) mass is 611 g/mol. The highest BCUT2D eigenvalue weighted by molar-refractivity contribution is 7.90. The first-order valence-corrected chi connectivity index (χ1v) is 16.7. The number of benzene rings is 1. The van der Waals surface area contributed by atoms with Gasteiger partial charge in [-0.3, -0.25) is 9.78 Å². The second-order valence-electron chi connectivity index (χ2n) is 12.9. The number of nitrogens with one attached hydrogen (secondary N) is 2. The van der Waals surface area contributed by atoms with Crippen LogP contribution in [0.25, 0.3) is 0 Å². The van der Waals surface area contributed by atoms with Crippen molar-refractivity contribution in [3.05, 3.63) is 71.3 Å². The molecule has 9 nitrogen and oxygen atoms in total. The molecule has 1 aliphatic carbocycles. The molecular weight excluding hydrogens is 570 g/mol. The number of nitrogens with zero attached hydrogens (tertiary/aromatic N) is 5. The largest absolute Gasteiger partial charge is 0.598 e. The molecule has 2 N–H and O–H groups in total. The topological polar surface area (TPSA) is 109 Å². The van der Waals surface area contributed by atoms with Gasteiger partial charge in [0.15, 0.2) is 5.82 Å². The molecule has 1 fully saturated rings. The first kappa shape index (κ1) is 30.4. The zero-order chi connectivity index (χ0) is 30.9. The Bertz CT molecular complexity index is 1570. The van der Waals surface area contributed by atoms with Crippen LogP contribution in [0, 0.1) is 17.3 Å². The molecule has 1 saturated heterocycles. The molecule has 1 unspecified atom stereocenters. The standard InChI is InChI=1S/C34H41N7O2S/c1-5-35-31(42)13-11-24-10-12-25-21-34(32(26(25)20-24)39-44(43)33(2,3)4)14-18-40(19-15-34)29-22-38-30(23-37-29)41-17-7-8-27-28(41)9-6-16-36-27/h6,9-10,12,16,20,22-23,32,39H,5,7-8,14-15,17-19,21H2,1-4H3,(H,35,42)/t32-,44?/m1/s1. The molecule has 4 heterocycles. The summed E-state index contributed by atoms with van der Waals surface area (Å²) in [5, 5.41) is 2.72. The van der Waals surface area contributed by atoms with Gasteiger partial charge >= 0.3 is 0 Å². The van der Waals surface area contributed by atoms with Crippen molar-refractivity contribution >= 4 is 34.6 Å². The van der Waals surface area contributed by atoms with Gasteiger partial charge in [-0.15, -0.1) is 4.72 Å². The Morgan fingerprint density at radius 1 is 1.11 bits per heavy atom. The van der Waals surface area contributed by atoms with Crippen molar-refractivity contribution in [1.29, 1.82) is 0 Å². The molecule has 1 aromatic carbocycles. The molecule has 2 aromatic heterocycles. The molecule has 44 heavy (non-hydrogen) atoms. The molecule has 0 bridgehead atoms. The number of rotatable bonds is 5. The summed E-state index contributed by atoms with van der Waals surface area (Å²) in [7, 11) is 0. The van der Waals surface area contributed by atoms with E-state index in [9.17, 15) is 9.35 Å². The van der Waals surface area contributed by atoms with Crippen LogP contribution < -0.4 is 19.8 Å². The summed E-state index contributed by atoms with van der Waals surface area (Å²) in [5.41, 5.74) is 5.33. The number of carbonyl (C=O) groups is 1. The van der Waals surface area contributed by atoms with Crippen molar-refractivity contribution in [2.45, 2.75) is 70.6 Å². The third kappa shape index (κ3) is 6.14. The quantitative estimate of drug-likeness (QED) is 0.323. The van der Waals surface area contributed by atoms with Crippen molar-refractivity contribution in [2.24, 2.45) is 5.41 Å². The summed E-state index contributed by atoms with van der Waals surface area (Å²) in [4.78, 5) is 30.7. The number of fused-ring (bicyclic) bond motifs is 2. The molecule has 3 aromatic rings. The van der Waals surface area contributed by atoms with Crippen LogP contribution in [0.4, 0.5) is 17.3 Å². The molecule has 0 saturated carbocycles. The van der Waals surface area contributed by atoms with E-state index < -0.39 is 16.1 Å². The van der Waals surface area contributed by atoms with Crippen LogP contribution in [0.2, 0.25) is 0 Å². The lowest BCUT2D eigenvalue weighted by molar-refractivity contribution is -0.115. The van der Waals surface area contributed by atoms with E-state index in [0.717, 1.165) is 85.9 Å². The second-order valence-corrected chi connectivity index (χ2v) is 14.9. The minimum atomic E-state index is -1.24. The number of piperidine rings is 1. The van der Waals surface area contributed by atoms with Gasteiger partial charge in [0.1, 0.15) is 10.6 Å². The van der Waals surface area contributed by atoms with Crippen molar-refractivity contribution in [3.63, 3.8) is 0 Å². The van der Waals surface area contributed by atoms with Crippen LogP contribution in [-0.4, -0.2) is 56.3 Å². The van der Waals surface area contributed by atoms with Gasteiger partial charge in [0.2, 0.25) is 0 Å². The molecule has 1 amide bonds. The zero-order valence-corrected chi connectivity index (χ0v) is 26.8. The van der Waals surface area contributed by atoms with E-state index in [1.807, 2.05) is 58.4 Å². The Hall–Kier alpha value is -3.65. The smallest absolute Gasteiger partial charge is 0.296 e. The minimum Gasteiger partial charge on any atom is -0.598 e. The van der Waals surface area contributed by atoms with Gasteiger partial charge in [-0.1, -0.05) is 12.0 Å². The van der Waals surface area contributed by atoms with Crippen molar-refractivity contribution in [3.8, 4) is 11.8 Å². The number of amides is 1. The van der Waals surface area contributed by atoms with Gasteiger partial charge in [0.05, 0.1) is 29.8 Å². The number of hydrogen-bond acceptors (Lipinski definition) is 8. The number of pyridine rings is 1. The van der Waals surface area contributed by atoms with Crippen molar-refractivity contribution < 1.29 is 9.35 Å². The van der Waals surface area contributed by atoms with Crippen molar-refractivity contribution in [1.82, 2.24) is 25.0 Å². The van der Waals surface area contributed by atoms with Gasteiger partial charge in [0.25, 0.3) is 5.91 Å². The number of carbonyl (C=O) groups excluding carboxylic acids is 1. The van der Waals surface area contributed by atoms with E-state index >= 15 is 0 Å². The van der Waals surface area contributed by atoms with Gasteiger partial charge in [-0.25, -0.2) is 9.97 Å². The Kier molecular flexibility index (Phi) is 8.55. The summed E-state index contributed by atoms with van der Waals surface area (Å²) in [5.74, 6) is 7.16. The maximum absolute atomic E-state index is 13.4. The Morgan fingerprint density at radius 3 is 2.61 bits per heavy atom. The molecule has 2 atom stereocenters. The SMILES string of the molecule is CCNC(=O)C#Cc1ccc2c(c1)[C@@H](N[S+]([O-])C(C)(C)C)C1(CCN(c3cnc(N4CCCc5ncccc54)cn3)CC1)C2. The van der Waals surface area contributed by atoms with E-state index in [2.05, 4.69) is 54.9 Å². The van der Waals surface area contributed by atoms with Crippen LogP contribution in [-0.2, 0) is 29.0 Å². The Morgan fingerprint density at radius 2 is 1.89 bits per heavy atom. The van der Waals surface area contributed by atoms with Crippen LogP contribution in [0.3, 0.4) is 0 Å². The third-order valence-electron chi connectivity index (χ3n) is 8.99. The van der Waals surface area contributed by atoms with Crippen LogP contribution >= 0.6 is 0 Å². The molecule has 2 aliphatic heterocycles. The number of hydrogen-bond donors (Lipinski definition) is 2. The summed E-state index contributed by atoms with van der Waals surface area (Å²) in [6.45, 7) is 11.0. The van der Waals surface area contributed by atoms with Gasteiger partial charge in [-0.2, -0.15) is 0 Å². The van der Waals surface area contributed by atoms with Crippen molar-refractivity contribution in [2.75, 3.05) is 36.0 Å². The van der Waals surface area contributed by atoms with Crippen LogP contribution in [0.1, 0.15) is 75.4 Å². The summed E-state index contributed by atoms with van der Waals surface area (Å²) in [6.07, 6.45) is 10.4. The number of anilines is 3. The summed E-state index contributed by atoms with van der Waals surface area (Å²) < 4.78 is 16.6. The van der Waals surface area contributed by atoms with Crippen LogP contribution in [0.15, 0.2) is 48.9 Å². The van der Waals surface area contributed by atoms with Gasteiger partial charge in [-0.05, 0) is 95.2 Å². The Labute approximate surface area is 263 Å². The van der Waals surface area contributed by atoms with Crippen LogP contribution in [0.5, 0.6) is 0 Å². The fourth-order valence-electron chi connectivity index (χ4n) is 6.61. The lowest BCUT2D eigenvalue weighted by atomic mass is 9.73. The fourth-order valence-corrected chi connectivity index (χ4v) is 7.56. The van der Waals surface area contributed by atoms with E-state index in [-0.39, 0.29) is 17.4 Å². The molecule has 3 aliphatic rings. The molecular formula is C34H41N7O2S. The average molecular weight is 612 g/mol. The first-order valence-electron chi connectivity index (χ1n) is 15.6. The number of aromatic nitrogens is 3. The first-order chi connectivity index (χ1) is 21.2. The normalized spacial score (nSPS) is 19.5. The predicted octanol–water partition coefficient (Wildman–Crippen LogP) is 4.38. The van der Waals surface area contributed by atoms with E-state index in [1.165, 1.54) is 5.56 Å². The van der Waals surface area contributed by atoms with Gasteiger partial charge < -0.3 is 19.7 Å². The summed E-state index contributed by atoms with van der Waals surface area (Å²) in [6, 6.07) is 10.2. The highest BCUT2D eigenvalue weighted by Gasteiger charge is 2.50. The second kappa shape index (κ2) is 12.4.